The molecule has 11 nitrogen and oxygen atoms in total. The molecule has 1 unspecified atom stereocenters. The number of aliphatic hydroxyl groups excluding tert-OH is 4. The van der Waals surface area contributed by atoms with Gasteiger partial charge < -0.3 is 44.2 Å². The van der Waals surface area contributed by atoms with Gasteiger partial charge in [-0.05, 0) is 38.5 Å². The summed E-state index contributed by atoms with van der Waals surface area (Å²) in [5, 5.41) is 44.0. The normalized spacial score (nSPS) is 17.1. The standard InChI is InChI=1S/C41H73N2O9P/c1-6-8-10-11-12-13-14-15-16-20-24-29-38(45)37(35-52-53(49,50)51-34-33-43(3,4)5)42-41(48)32-26-31-40(47)39(46)30-25-21-18-17-19-23-28-36(44)27-22-9-7-2/h9,17-19,21-25,28-30,36-40,44-47H,6-8,10-16,20,26-27,31-35H2,1-5H3,(H-,42,48,49,50)/b19-17+,21-18-,22-9-,28-23+,29-24+,30-25-/t36-,37-,38+,39+,40+/m0/s1. The molecular formula is C41H73N2O9P. The van der Waals surface area contributed by atoms with Crippen molar-refractivity contribution in [3.05, 3.63) is 72.9 Å². The number of hydrogen-bond donors (Lipinski definition) is 5. The van der Waals surface area contributed by atoms with Crippen LogP contribution in [-0.4, -0.2) is 102 Å². The largest absolute Gasteiger partial charge is 0.756 e. The van der Waals surface area contributed by atoms with Gasteiger partial charge in [0.25, 0.3) is 7.82 Å². The predicted molar refractivity (Wildman–Crippen MR) is 214 cm³/mol. The average molecular weight is 769 g/mol. The molecular weight excluding hydrogens is 695 g/mol. The molecule has 0 saturated heterocycles. The highest BCUT2D eigenvalue weighted by atomic mass is 31.2. The Morgan fingerprint density at radius 1 is 0.755 bits per heavy atom. The molecule has 0 aliphatic heterocycles. The van der Waals surface area contributed by atoms with Crippen LogP contribution in [0.5, 0.6) is 0 Å². The summed E-state index contributed by atoms with van der Waals surface area (Å²) in [7, 11) is 1.03. The number of phosphoric acid groups is 1. The van der Waals surface area contributed by atoms with Gasteiger partial charge in [0.1, 0.15) is 13.2 Å². The Hall–Kier alpha value is -2.18. The topological polar surface area (TPSA) is 169 Å². The van der Waals surface area contributed by atoms with Gasteiger partial charge in [-0.25, -0.2) is 0 Å². The molecule has 1 amide bonds. The van der Waals surface area contributed by atoms with E-state index in [2.05, 4.69) is 12.2 Å². The van der Waals surface area contributed by atoms with E-state index in [1.54, 1.807) is 48.6 Å². The first kappa shape index (κ1) is 50.8. The monoisotopic (exact) mass is 769 g/mol. The quantitative estimate of drug-likeness (QED) is 0.0168. The number of nitrogens with zero attached hydrogens (tertiary/aromatic N) is 1. The maximum Gasteiger partial charge on any atom is 0.268 e. The van der Waals surface area contributed by atoms with Crippen LogP contribution >= 0.6 is 7.82 Å². The summed E-state index contributed by atoms with van der Waals surface area (Å²) < 4.78 is 22.9. The van der Waals surface area contributed by atoms with Crippen LogP contribution in [0.2, 0.25) is 0 Å². The minimum atomic E-state index is -4.68. The Morgan fingerprint density at radius 2 is 1.36 bits per heavy atom. The summed E-state index contributed by atoms with van der Waals surface area (Å²) in [5.74, 6) is -0.456. The first-order chi connectivity index (χ1) is 25.2. The highest BCUT2D eigenvalue weighted by molar-refractivity contribution is 7.45. The number of hydrogen-bond acceptors (Lipinski definition) is 9. The first-order valence-corrected chi connectivity index (χ1v) is 21.1. The van der Waals surface area contributed by atoms with Gasteiger partial charge in [0.05, 0.1) is 58.2 Å². The lowest BCUT2D eigenvalue weighted by atomic mass is 10.1. The second-order valence-corrected chi connectivity index (χ2v) is 15.9. The number of allylic oxidation sites excluding steroid dienone is 8. The lowest BCUT2D eigenvalue weighted by Crippen LogP contribution is -2.46. The molecule has 0 aromatic carbocycles. The highest BCUT2D eigenvalue weighted by Gasteiger charge is 2.23. The van der Waals surface area contributed by atoms with Crippen molar-refractivity contribution < 1.29 is 48.2 Å². The minimum Gasteiger partial charge on any atom is -0.756 e. The fraction of sp³-hybridized carbons (Fsp3) is 0.683. The minimum absolute atomic E-state index is 0.0181. The van der Waals surface area contributed by atoms with Gasteiger partial charge in [-0.3, -0.25) is 9.36 Å². The Balaban J connectivity index is 4.91. The number of aliphatic hydroxyl groups is 4. The molecule has 0 spiro atoms. The number of nitrogens with one attached hydrogen (secondary N) is 1. The van der Waals surface area contributed by atoms with Crippen LogP contribution in [-0.2, 0) is 18.4 Å². The molecule has 5 N–H and O–H groups in total. The van der Waals surface area contributed by atoms with E-state index in [0.717, 1.165) is 25.7 Å². The third-order valence-electron chi connectivity index (χ3n) is 8.26. The predicted octanol–water partition coefficient (Wildman–Crippen LogP) is 6.35. The zero-order valence-corrected chi connectivity index (χ0v) is 34.2. The summed E-state index contributed by atoms with van der Waals surface area (Å²) in [6.07, 6.45) is 30.3. The fourth-order valence-electron chi connectivity index (χ4n) is 4.96. The van der Waals surface area contributed by atoms with Crippen LogP contribution in [0.1, 0.15) is 110 Å². The van der Waals surface area contributed by atoms with Gasteiger partial charge in [-0.1, -0.05) is 138 Å². The van der Waals surface area contributed by atoms with E-state index in [9.17, 15) is 34.7 Å². The molecule has 6 atom stereocenters. The van der Waals surface area contributed by atoms with Crippen LogP contribution in [0.15, 0.2) is 72.9 Å². The van der Waals surface area contributed by atoms with Crippen molar-refractivity contribution in [2.24, 2.45) is 0 Å². The van der Waals surface area contributed by atoms with Gasteiger partial charge in [0.15, 0.2) is 0 Å². The van der Waals surface area contributed by atoms with Crippen LogP contribution in [0.4, 0.5) is 0 Å². The molecule has 0 heterocycles. The van der Waals surface area contributed by atoms with Crippen molar-refractivity contribution in [2.45, 2.75) is 141 Å². The Kier molecular flexibility index (Phi) is 30.8. The summed E-state index contributed by atoms with van der Waals surface area (Å²) in [6, 6.07) is -1.05. The van der Waals surface area contributed by atoms with E-state index >= 15 is 0 Å². The maximum absolute atomic E-state index is 12.8. The molecule has 0 saturated carbocycles. The number of phosphoric ester groups is 1. The van der Waals surface area contributed by atoms with Crippen molar-refractivity contribution in [2.75, 3.05) is 40.9 Å². The Bertz CT molecular complexity index is 1150. The average Bonchev–Trinajstić information content (AvgIpc) is 3.09. The highest BCUT2D eigenvalue weighted by Crippen LogP contribution is 2.38. The van der Waals surface area contributed by atoms with Gasteiger partial charge in [-0.2, -0.15) is 0 Å². The second kappa shape index (κ2) is 32.1. The molecule has 0 aromatic rings. The molecule has 0 bridgehead atoms. The number of amides is 1. The summed E-state index contributed by atoms with van der Waals surface area (Å²) in [4.78, 5) is 25.2. The summed E-state index contributed by atoms with van der Waals surface area (Å²) in [5.41, 5.74) is 0. The van der Waals surface area contributed by atoms with Crippen LogP contribution in [0, 0.1) is 0 Å². The van der Waals surface area contributed by atoms with E-state index in [1.807, 2.05) is 46.3 Å². The second-order valence-electron chi connectivity index (χ2n) is 14.5. The SMILES string of the molecule is CC/C=C\C[C@H](O)/C=C/C=C/C=C\C=C/[C@@H](O)[C@H](O)CCCC(=O)N[C@@H](COP(=O)([O-])OCC[N+](C)(C)C)[C@H](O)/C=C/CCCCCCCCCCC. The molecule has 0 radical (unpaired) electrons. The third kappa shape index (κ3) is 32.9. The zero-order chi connectivity index (χ0) is 39.8. The number of carbonyl (C=O) groups excluding carboxylic acids is 1. The van der Waals surface area contributed by atoms with Gasteiger partial charge in [-0.15, -0.1) is 0 Å². The summed E-state index contributed by atoms with van der Waals surface area (Å²) >= 11 is 0. The van der Waals surface area contributed by atoms with Crippen molar-refractivity contribution >= 4 is 13.7 Å². The maximum atomic E-state index is 12.8. The van der Waals surface area contributed by atoms with Crippen LogP contribution in [0.3, 0.4) is 0 Å². The van der Waals surface area contributed by atoms with E-state index in [0.29, 0.717) is 17.4 Å². The van der Waals surface area contributed by atoms with Gasteiger partial charge in [0.2, 0.25) is 5.91 Å². The van der Waals surface area contributed by atoms with Crippen molar-refractivity contribution in [3.8, 4) is 0 Å². The lowest BCUT2D eigenvalue weighted by Gasteiger charge is -2.29. The van der Waals surface area contributed by atoms with Crippen molar-refractivity contribution in [1.82, 2.24) is 5.32 Å². The number of quaternary nitrogens is 1. The summed E-state index contributed by atoms with van der Waals surface area (Å²) in [6.45, 7) is 4.11. The van der Waals surface area contributed by atoms with Crippen molar-refractivity contribution in [3.63, 3.8) is 0 Å². The molecule has 0 aromatic heterocycles. The Labute approximate surface area is 321 Å². The van der Waals surface area contributed by atoms with E-state index in [4.69, 9.17) is 9.05 Å². The number of likely N-dealkylation sites (N-methyl/N-ethyl adjacent to an activating group) is 1. The van der Waals surface area contributed by atoms with E-state index < -0.39 is 50.8 Å². The zero-order valence-electron chi connectivity index (χ0n) is 33.3. The molecule has 0 fully saturated rings. The molecule has 0 rings (SSSR count). The number of rotatable bonds is 33. The van der Waals surface area contributed by atoms with Gasteiger partial charge >= 0.3 is 0 Å². The van der Waals surface area contributed by atoms with Gasteiger partial charge in [0, 0.05) is 6.42 Å². The molecule has 0 aliphatic carbocycles. The first-order valence-electron chi connectivity index (χ1n) is 19.6. The van der Waals surface area contributed by atoms with Crippen LogP contribution < -0.4 is 10.2 Å². The molecule has 53 heavy (non-hydrogen) atoms. The smallest absolute Gasteiger partial charge is 0.268 e. The fourth-order valence-corrected chi connectivity index (χ4v) is 5.68. The molecule has 0 aliphatic rings. The van der Waals surface area contributed by atoms with Crippen molar-refractivity contribution in [1.29, 1.82) is 0 Å². The lowest BCUT2D eigenvalue weighted by molar-refractivity contribution is -0.870. The molecule has 12 heteroatoms. The van der Waals surface area contributed by atoms with E-state index in [-0.39, 0.29) is 25.9 Å². The molecule has 306 valence electrons. The Morgan fingerprint density at radius 3 is 1.98 bits per heavy atom. The van der Waals surface area contributed by atoms with E-state index in [1.165, 1.54) is 51.0 Å². The third-order valence-corrected chi connectivity index (χ3v) is 9.23. The number of carbonyl (C=O) groups is 1. The van der Waals surface area contributed by atoms with Crippen LogP contribution in [0.25, 0.3) is 0 Å². The number of unbranched alkanes of at least 4 members (excludes halogenated alkanes) is 9.